The lowest BCUT2D eigenvalue weighted by Crippen LogP contribution is -2.13. The molecule has 0 spiro atoms. The topological polar surface area (TPSA) is 59.1 Å². The molecule has 0 unspecified atom stereocenters. The van der Waals surface area contributed by atoms with Crippen LogP contribution < -0.4 is 4.72 Å². The highest BCUT2D eigenvalue weighted by Gasteiger charge is 2.21. The summed E-state index contributed by atoms with van der Waals surface area (Å²) in [5.74, 6) is 0.244. The van der Waals surface area contributed by atoms with Gasteiger partial charge >= 0.3 is 0 Å². The molecule has 2 rings (SSSR count). The highest BCUT2D eigenvalue weighted by molar-refractivity contribution is 7.93. The first-order valence-corrected chi connectivity index (χ1v) is 7.85. The number of pyridine rings is 1. The van der Waals surface area contributed by atoms with Crippen LogP contribution in [0.4, 0.5) is 5.82 Å². The molecule has 0 aliphatic rings. The molecule has 18 heavy (non-hydrogen) atoms. The maximum Gasteiger partial charge on any atom is 0.265 e. The number of nitrogens with one attached hydrogen (secondary N) is 1. The van der Waals surface area contributed by atoms with Gasteiger partial charge in [-0.1, -0.05) is 29.3 Å². The second-order valence-corrected chi connectivity index (χ2v) is 7.39. The summed E-state index contributed by atoms with van der Waals surface area (Å²) in [6.45, 7) is 1.77. The summed E-state index contributed by atoms with van der Waals surface area (Å²) in [7, 11) is -3.76. The molecule has 0 atom stereocenters. The van der Waals surface area contributed by atoms with E-state index >= 15 is 0 Å². The van der Waals surface area contributed by atoms with Crippen LogP contribution in [0.3, 0.4) is 0 Å². The Morgan fingerprint density at radius 3 is 2.61 bits per heavy atom. The molecular formula is C10H8Cl2N2O2S2. The summed E-state index contributed by atoms with van der Waals surface area (Å²) in [5.41, 5.74) is 0.713. The average molecular weight is 323 g/mol. The normalized spacial score (nSPS) is 11.5. The quantitative estimate of drug-likeness (QED) is 0.939. The molecule has 8 heteroatoms. The molecule has 0 saturated heterocycles. The summed E-state index contributed by atoms with van der Waals surface area (Å²) < 4.78 is 26.9. The Kier molecular flexibility index (Phi) is 3.82. The first-order chi connectivity index (χ1) is 8.38. The van der Waals surface area contributed by atoms with E-state index in [1.165, 1.54) is 6.07 Å². The molecule has 0 fully saturated rings. The third-order valence-corrected chi connectivity index (χ3v) is 5.15. The van der Waals surface area contributed by atoms with Crippen molar-refractivity contribution >= 4 is 50.4 Å². The molecule has 96 valence electrons. The van der Waals surface area contributed by atoms with E-state index in [2.05, 4.69) is 9.71 Å². The average Bonchev–Trinajstić information content (AvgIpc) is 2.58. The van der Waals surface area contributed by atoms with Crippen LogP contribution in [0.1, 0.15) is 5.69 Å². The first-order valence-electron chi connectivity index (χ1n) is 4.80. The molecule has 4 nitrogen and oxygen atoms in total. The number of rotatable bonds is 3. The zero-order chi connectivity index (χ0) is 13.3. The van der Waals surface area contributed by atoms with E-state index in [1.807, 2.05) is 0 Å². The van der Waals surface area contributed by atoms with Crippen molar-refractivity contribution in [3.05, 3.63) is 38.6 Å². The molecule has 0 saturated carbocycles. The molecule has 0 radical (unpaired) electrons. The van der Waals surface area contributed by atoms with Crippen LogP contribution >= 0.6 is 34.5 Å². The largest absolute Gasteiger partial charge is 0.265 e. The number of halogens is 2. The second kappa shape index (κ2) is 5.05. The first kappa shape index (κ1) is 13.6. The van der Waals surface area contributed by atoms with Gasteiger partial charge in [-0.05, 0) is 25.1 Å². The van der Waals surface area contributed by atoms with Crippen LogP contribution in [0.25, 0.3) is 0 Å². The summed E-state index contributed by atoms with van der Waals surface area (Å²) in [4.78, 5) is 4.02. The predicted molar refractivity (Wildman–Crippen MR) is 74.1 cm³/mol. The van der Waals surface area contributed by atoms with Gasteiger partial charge in [0.2, 0.25) is 0 Å². The fourth-order valence-electron chi connectivity index (χ4n) is 1.30. The van der Waals surface area contributed by atoms with Crippen molar-refractivity contribution in [1.82, 2.24) is 4.98 Å². The SMILES string of the molecule is Cc1cccc(NS(=O)(=O)c2cc(Cl)sc2Cl)n1. The van der Waals surface area contributed by atoms with Crippen molar-refractivity contribution in [2.75, 3.05) is 4.72 Å². The van der Waals surface area contributed by atoms with Gasteiger partial charge in [0.05, 0.1) is 4.34 Å². The Labute approximate surface area is 119 Å². The Hall–Kier alpha value is -0.820. The molecular weight excluding hydrogens is 315 g/mol. The summed E-state index contributed by atoms with van der Waals surface area (Å²) in [5, 5.41) is 0. The number of aromatic nitrogens is 1. The molecule has 2 aromatic heterocycles. The highest BCUT2D eigenvalue weighted by Crippen LogP contribution is 2.34. The number of anilines is 1. The minimum Gasteiger partial charge on any atom is -0.263 e. The van der Waals surface area contributed by atoms with Gasteiger partial charge < -0.3 is 0 Å². The minimum absolute atomic E-state index is 0.0394. The van der Waals surface area contributed by atoms with Gasteiger partial charge in [-0.3, -0.25) is 4.72 Å². The highest BCUT2D eigenvalue weighted by atomic mass is 35.5. The van der Waals surface area contributed by atoms with Gasteiger partial charge in [0, 0.05) is 5.69 Å². The Bertz CT molecular complexity index is 683. The Morgan fingerprint density at radius 2 is 2.06 bits per heavy atom. The fraction of sp³-hybridized carbons (Fsp3) is 0.100. The minimum atomic E-state index is -3.76. The Balaban J connectivity index is 2.36. The van der Waals surface area contributed by atoms with Gasteiger partial charge in [-0.2, -0.15) is 0 Å². The maximum atomic E-state index is 12.1. The van der Waals surface area contributed by atoms with Gasteiger partial charge in [-0.25, -0.2) is 13.4 Å². The number of thiophene rings is 1. The molecule has 2 heterocycles. The third-order valence-electron chi connectivity index (χ3n) is 2.04. The fourth-order valence-corrected chi connectivity index (χ4v) is 4.45. The van der Waals surface area contributed by atoms with Crippen LogP contribution in [0.2, 0.25) is 8.67 Å². The molecule has 0 amide bonds. The second-order valence-electron chi connectivity index (χ2n) is 3.46. The van der Waals surface area contributed by atoms with Crippen molar-refractivity contribution in [3.8, 4) is 0 Å². The van der Waals surface area contributed by atoms with E-state index in [9.17, 15) is 8.42 Å². The standard InChI is InChI=1S/C10H8Cl2N2O2S2/c1-6-3-2-4-9(13-6)14-18(15,16)7-5-8(11)17-10(7)12/h2-5H,1H3,(H,13,14). The Morgan fingerprint density at radius 1 is 1.33 bits per heavy atom. The van der Waals surface area contributed by atoms with Crippen LogP contribution in [-0.4, -0.2) is 13.4 Å². The molecule has 0 aliphatic carbocycles. The lowest BCUT2D eigenvalue weighted by atomic mass is 10.4. The van der Waals surface area contributed by atoms with E-state index in [0.29, 0.717) is 10.0 Å². The molecule has 0 bridgehead atoms. The molecule has 2 aromatic rings. The van der Waals surface area contributed by atoms with E-state index in [1.54, 1.807) is 25.1 Å². The number of nitrogens with zero attached hydrogens (tertiary/aromatic N) is 1. The number of hydrogen-bond acceptors (Lipinski definition) is 4. The van der Waals surface area contributed by atoms with Gasteiger partial charge in [0.25, 0.3) is 10.0 Å². The van der Waals surface area contributed by atoms with E-state index < -0.39 is 10.0 Å². The van der Waals surface area contributed by atoms with E-state index in [4.69, 9.17) is 23.2 Å². The lowest BCUT2D eigenvalue weighted by molar-refractivity contribution is 0.601. The van der Waals surface area contributed by atoms with Crippen molar-refractivity contribution < 1.29 is 8.42 Å². The van der Waals surface area contributed by atoms with Crippen molar-refractivity contribution in [2.45, 2.75) is 11.8 Å². The van der Waals surface area contributed by atoms with Gasteiger partial charge in [0.1, 0.15) is 15.0 Å². The summed E-state index contributed by atoms with van der Waals surface area (Å²) >= 11 is 12.5. The summed E-state index contributed by atoms with van der Waals surface area (Å²) in [6, 6.07) is 6.35. The number of hydrogen-bond donors (Lipinski definition) is 1. The zero-order valence-electron chi connectivity index (χ0n) is 9.15. The molecule has 0 aromatic carbocycles. The number of sulfonamides is 1. The predicted octanol–water partition coefficient (Wildman–Crippen LogP) is 3.56. The maximum absolute atomic E-state index is 12.1. The summed E-state index contributed by atoms with van der Waals surface area (Å²) in [6.07, 6.45) is 0. The smallest absolute Gasteiger partial charge is 0.263 e. The van der Waals surface area contributed by atoms with E-state index in [0.717, 1.165) is 11.3 Å². The van der Waals surface area contributed by atoms with Crippen LogP contribution in [0.5, 0.6) is 0 Å². The van der Waals surface area contributed by atoms with Crippen LogP contribution in [0.15, 0.2) is 29.2 Å². The third kappa shape index (κ3) is 2.95. The number of aryl methyl sites for hydroxylation is 1. The van der Waals surface area contributed by atoms with Crippen molar-refractivity contribution in [2.24, 2.45) is 0 Å². The van der Waals surface area contributed by atoms with Crippen LogP contribution in [-0.2, 0) is 10.0 Å². The lowest BCUT2D eigenvalue weighted by Gasteiger charge is -2.06. The monoisotopic (exact) mass is 322 g/mol. The molecule has 1 N–H and O–H groups in total. The zero-order valence-corrected chi connectivity index (χ0v) is 12.3. The van der Waals surface area contributed by atoms with Crippen molar-refractivity contribution in [1.29, 1.82) is 0 Å². The van der Waals surface area contributed by atoms with Gasteiger partial charge in [0.15, 0.2) is 0 Å². The van der Waals surface area contributed by atoms with Gasteiger partial charge in [-0.15, -0.1) is 11.3 Å². The van der Waals surface area contributed by atoms with Crippen molar-refractivity contribution in [3.63, 3.8) is 0 Å². The van der Waals surface area contributed by atoms with E-state index in [-0.39, 0.29) is 15.0 Å². The van der Waals surface area contributed by atoms with Crippen LogP contribution in [0, 0.1) is 6.92 Å². The molecule has 0 aliphatic heterocycles.